The van der Waals surface area contributed by atoms with Gasteiger partial charge in [-0.3, -0.25) is 4.79 Å². The quantitative estimate of drug-likeness (QED) is 0.227. The van der Waals surface area contributed by atoms with Gasteiger partial charge in [-0.25, -0.2) is 4.79 Å². The molecule has 0 saturated carbocycles. The number of carboxylic acid groups (broad SMARTS) is 1. The predicted molar refractivity (Wildman–Crippen MR) is 70.2 cm³/mol. The molecule has 0 bridgehead atoms. The maximum atomic E-state index is 11.6. The summed E-state index contributed by atoms with van der Waals surface area (Å²) in [6.07, 6.45) is -6.47. The number of nitrogens with one attached hydrogen (secondary N) is 1. The fourth-order valence-electron chi connectivity index (χ4n) is 1.60. The highest BCUT2D eigenvalue weighted by atomic mass is 16.4. The number of aliphatic hydroxyl groups excluding tert-OH is 5. The lowest BCUT2D eigenvalue weighted by Crippen LogP contribution is -2.54. The fraction of sp³-hybridized carbons (Fsp3) is 0.833. The molecule has 0 aliphatic rings. The Morgan fingerprint density at radius 2 is 1.67 bits per heavy atom. The molecule has 0 rings (SSSR count). The highest BCUT2D eigenvalue weighted by Crippen LogP contribution is 2.07. The van der Waals surface area contributed by atoms with Crippen molar-refractivity contribution in [3.05, 3.63) is 0 Å². The Labute approximate surface area is 121 Å². The van der Waals surface area contributed by atoms with Gasteiger partial charge in [-0.2, -0.15) is 0 Å². The smallest absolute Gasteiger partial charge is 0.326 e. The Morgan fingerprint density at radius 3 is 2.10 bits per heavy atom. The van der Waals surface area contributed by atoms with Crippen LogP contribution in [0.2, 0.25) is 0 Å². The normalized spacial score (nSPS) is 18.4. The summed E-state index contributed by atoms with van der Waals surface area (Å²) in [5.41, 5.74) is 0. The summed E-state index contributed by atoms with van der Waals surface area (Å²) in [5.74, 6) is -2.47. The molecule has 9 nitrogen and oxygen atoms in total. The summed E-state index contributed by atoms with van der Waals surface area (Å²) >= 11 is 0. The van der Waals surface area contributed by atoms with Crippen molar-refractivity contribution in [1.82, 2.24) is 5.32 Å². The van der Waals surface area contributed by atoms with Gasteiger partial charge in [-0.1, -0.05) is 19.8 Å². The molecule has 9 heteroatoms. The third kappa shape index (κ3) is 6.36. The minimum Gasteiger partial charge on any atom is -0.480 e. The van der Waals surface area contributed by atoms with E-state index in [9.17, 15) is 24.9 Å². The Bertz CT molecular complexity index is 337. The maximum absolute atomic E-state index is 11.6. The van der Waals surface area contributed by atoms with E-state index >= 15 is 0 Å². The Balaban J connectivity index is 4.64. The second-order valence-electron chi connectivity index (χ2n) is 4.72. The molecule has 21 heavy (non-hydrogen) atoms. The number of hydrogen-bond acceptors (Lipinski definition) is 7. The van der Waals surface area contributed by atoms with Crippen molar-refractivity contribution in [3.8, 4) is 0 Å². The standard InChI is InChI=1S/C12H23NO8/c1-2-3-4-6(12(20)21)13-11(19)10(18)9(17)8(16)7(15)5-14/h6-10,14-18H,2-5H2,1H3,(H,13,19)(H,20,21)/t6-,7+,8-,9+,10+/m0/s1. The lowest BCUT2D eigenvalue weighted by molar-refractivity contribution is -0.153. The number of aliphatic carboxylic acids is 1. The zero-order valence-electron chi connectivity index (χ0n) is 11.7. The van der Waals surface area contributed by atoms with Crippen molar-refractivity contribution < 1.29 is 40.2 Å². The topological polar surface area (TPSA) is 168 Å². The maximum Gasteiger partial charge on any atom is 0.326 e. The third-order valence-electron chi connectivity index (χ3n) is 2.98. The van der Waals surface area contributed by atoms with E-state index in [0.717, 1.165) is 0 Å². The van der Waals surface area contributed by atoms with Gasteiger partial charge in [0.1, 0.15) is 24.4 Å². The van der Waals surface area contributed by atoms with Gasteiger partial charge in [0.25, 0.3) is 5.91 Å². The summed E-state index contributed by atoms with van der Waals surface area (Å²) < 4.78 is 0. The molecule has 0 fully saturated rings. The summed E-state index contributed by atoms with van der Waals surface area (Å²) in [4.78, 5) is 22.6. The molecule has 0 heterocycles. The van der Waals surface area contributed by atoms with Gasteiger partial charge >= 0.3 is 5.97 Å². The molecule has 0 spiro atoms. The van der Waals surface area contributed by atoms with Crippen LogP contribution in [0, 0.1) is 0 Å². The number of aliphatic hydroxyl groups is 5. The predicted octanol–water partition coefficient (Wildman–Crippen LogP) is -2.82. The molecule has 0 aliphatic carbocycles. The Hall–Kier alpha value is -1.26. The molecule has 124 valence electrons. The van der Waals surface area contributed by atoms with Crippen molar-refractivity contribution >= 4 is 11.9 Å². The molecule has 0 aliphatic heterocycles. The molecule has 0 saturated heterocycles. The molecule has 7 N–H and O–H groups in total. The number of carbonyl (C=O) groups excluding carboxylic acids is 1. The zero-order chi connectivity index (χ0) is 16.6. The SMILES string of the molecule is CCCC[C@H](NC(=O)[C@H](O)[C@H](O)[C@@H](O)[C@H](O)CO)C(=O)O. The molecular formula is C12H23NO8. The van der Waals surface area contributed by atoms with Crippen LogP contribution >= 0.6 is 0 Å². The lowest BCUT2D eigenvalue weighted by atomic mass is 10.0. The van der Waals surface area contributed by atoms with Gasteiger partial charge < -0.3 is 36.0 Å². The molecule has 0 radical (unpaired) electrons. The average Bonchev–Trinajstić information content (AvgIpc) is 2.47. The van der Waals surface area contributed by atoms with Gasteiger partial charge in [-0.15, -0.1) is 0 Å². The summed E-state index contributed by atoms with van der Waals surface area (Å²) in [5, 5.41) is 57.1. The van der Waals surface area contributed by atoms with Crippen LogP contribution in [0.5, 0.6) is 0 Å². The molecule has 0 unspecified atom stereocenters. The summed E-state index contributed by atoms with van der Waals surface area (Å²) in [6, 6.07) is -1.22. The van der Waals surface area contributed by atoms with Crippen LogP contribution in [0.3, 0.4) is 0 Å². The minimum atomic E-state index is -2.13. The Morgan fingerprint density at radius 1 is 1.10 bits per heavy atom. The van der Waals surface area contributed by atoms with Crippen molar-refractivity contribution in [1.29, 1.82) is 0 Å². The van der Waals surface area contributed by atoms with E-state index in [1.54, 1.807) is 0 Å². The van der Waals surface area contributed by atoms with E-state index in [4.69, 9.17) is 15.3 Å². The molecule has 0 aromatic rings. The Kier molecular flexibility index (Phi) is 9.06. The fourth-order valence-corrected chi connectivity index (χ4v) is 1.60. The van der Waals surface area contributed by atoms with E-state index in [1.165, 1.54) is 0 Å². The van der Waals surface area contributed by atoms with E-state index in [0.29, 0.717) is 12.8 Å². The number of rotatable bonds is 10. The van der Waals surface area contributed by atoms with Gasteiger partial charge in [0.05, 0.1) is 6.61 Å². The number of carbonyl (C=O) groups is 2. The van der Waals surface area contributed by atoms with Crippen molar-refractivity contribution in [3.63, 3.8) is 0 Å². The van der Waals surface area contributed by atoms with Gasteiger partial charge in [0.2, 0.25) is 0 Å². The highest BCUT2D eigenvalue weighted by molar-refractivity contribution is 5.86. The molecule has 0 aromatic heterocycles. The van der Waals surface area contributed by atoms with Gasteiger partial charge in [0, 0.05) is 0 Å². The second-order valence-corrected chi connectivity index (χ2v) is 4.72. The third-order valence-corrected chi connectivity index (χ3v) is 2.98. The number of hydrogen-bond donors (Lipinski definition) is 7. The van der Waals surface area contributed by atoms with E-state index in [-0.39, 0.29) is 6.42 Å². The van der Waals surface area contributed by atoms with Crippen LogP contribution in [0.25, 0.3) is 0 Å². The molecule has 0 aromatic carbocycles. The van der Waals surface area contributed by atoms with Gasteiger partial charge in [-0.05, 0) is 6.42 Å². The van der Waals surface area contributed by atoms with Crippen LogP contribution in [-0.4, -0.2) is 79.6 Å². The molecule has 1 amide bonds. The van der Waals surface area contributed by atoms with Crippen molar-refractivity contribution in [2.24, 2.45) is 0 Å². The first kappa shape index (κ1) is 19.7. The van der Waals surface area contributed by atoms with Crippen molar-refractivity contribution in [2.45, 2.75) is 56.6 Å². The summed E-state index contributed by atoms with van der Waals surface area (Å²) in [7, 11) is 0. The highest BCUT2D eigenvalue weighted by Gasteiger charge is 2.35. The summed E-state index contributed by atoms with van der Waals surface area (Å²) in [6.45, 7) is 0.965. The van der Waals surface area contributed by atoms with Crippen molar-refractivity contribution in [2.75, 3.05) is 6.61 Å². The van der Waals surface area contributed by atoms with E-state index in [2.05, 4.69) is 0 Å². The van der Waals surface area contributed by atoms with Gasteiger partial charge in [0.15, 0.2) is 6.10 Å². The zero-order valence-corrected chi connectivity index (χ0v) is 11.7. The van der Waals surface area contributed by atoms with Crippen LogP contribution in [0.1, 0.15) is 26.2 Å². The van der Waals surface area contributed by atoms with Crippen LogP contribution in [0.4, 0.5) is 0 Å². The number of carboxylic acids is 1. The first-order valence-corrected chi connectivity index (χ1v) is 6.62. The number of amides is 1. The monoisotopic (exact) mass is 309 g/mol. The lowest BCUT2D eigenvalue weighted by Gasteiger charge is -2.26. The average molecular weight is 309 g/mol. The van der Waals surface area contributed by atoms with E-state index in [1.807, 2.05) is 12.2 Å². The minimum absolute atomic E-state index is 0.155. The molecular weight excluding hydrogens is 286 g/mol. The first-order valence-electron chi connectivity index (χ1n) is 6.62. The van der Waals surface area contributed by atoms with Crippen LogP contribution in [0.15, 0.2) is 0 Å². The largest absolute Gasteiger partial charge is 0.480 e. The molecule has 5 atom stereocenters. The van der Waals surface area contributed by atoms with Crippen LogP contribution < -0.4 is 5.32 Å². The first-order chi connectivity index (χ1) is 9.76. The number of unbranched alkanes of at least 4 members (excludes halogenated alkanes) is 1. The van der Waals surface area contributed by atoms with E-state index < -0.39 is 48.9 Å². The second kappa shape index (κ2) is 9.64. The van der Waals surface area contributed by atoms with Crippen LogP contribution in [-0.2, 0) is 9.59 Å².